The van der Waals surface area contributed by atoms with Crippen LogP contribution in [0.4, 0.5) is 20.5 Å². The average molecular weight is 727 g/mol. The fourth-order valence-electron chi connectivity index (χ4n) is 5.23. The van der Waals surface area contributed by atoms with Gasteiger partial charge in [-0.1, -0.05) is 0 Å². The second-order valence-electron chi connectivity index (χ2n) is 10.0. The van der Waals surface area contributed by atoms with E-state index in [1.807, 2.05) is 0 Å². The van der Waals surface area contributed by atoms with E-state index in [9.17, 15) is 14.6 Å². The summed E-state index contributed by atoms with van der Waals surface area (Å²) >= 11 is 11.3. The molecule has 10 atom stereocenters. The van der Waals surface area contributed by atoms with Crippen molar-refractivity contribution in [1.29, 1.82) is 0 Å². The summed E-state index contributed by atoms with van der Waals surface area (Å²) < 4.78 is 62.7. The van der Waals surface area contributed by atoms with Crippen molar-refractivity contribution in [3.8, 4) is 0 Å². The molecule has 18 nitrogen and oxygen atoms in total. The number of nitrogens with zero attached hydrogens (tertiary/aromatic N) is 7. The number of hydrogen-bond donors (Lipinski definition) is 5. The van der Waals surface area contributed by atoms with Crippen LogP contribution in [0.1, 0.15) is 11.6 Å². The molecule has 0 spiro atoms. The van der Waals surface area contributed by atoms with Crippen LogP contribution < -0.4 is 17.0 Å². The minimum atomic E-state index is -4.28. The predicted molar refractivity (Wildman–Crippen MR) is 161 cm³/mol. The molecule has 7 rings (SSSR count). The Kier molecular flexibility index (Phi) is 7.98. The summed E-state index contributed by atoms with van der Waals surface area (Å²) in [7, 11) is 0. The molecule has 45 heavy (non-hydrogen) atoms. The second-order valence-corrected chi connectivity index (χ2v) is 17.0. The van der Waals surface area contributed by atoms with Crippen molar-refractivity contribution >= 4 is 82.9 Å². The van der Waals surface area contributed by atoms with Crippen LogP contribution in [0.3, 0.4) is 0 Å². The maximum Gasteiger partial charge on any atom is 0.325 e. The molecule has 0 aliphatic carbocycles. The van der Waals surface area contributed by atoms with Crippen molar-refractivity contribution in [1.82, 2.24) is 39.0 Å². The minimum absolute atomic E-state index is 0.0151. The molecule has 3 fully saturated rings. The highest BCUT2D eigenvalue weighted by Gasteiger charge is 2.53. The summed E-state index contributed by atoms with van der Waals surface area (Å²) in [6, 6.07) is 0. The number of fused-ring (bicyclic) bond motifs is 5. The normalized spacial score (nSPS) is 37.7. The summed E-state index contributed by atoms with van der Waals surface area (Å²) in [6.07, 6.45) is -6.10. The van der Waals surface area contributed by atoms with Crippen LogP contribution in [0, 0.1) is 0 Å². The first kappa shape index (κ1) is 31.3. The van der Waals surface area contributed by atoms with Crippen LogP contribution >= 0.6 is 25.2 Å². The molecule has 3 saturated heterocycles. The zero-order chi connectivity index (χ0) is 31.8. The van der Waals surface area contributed by atoms with Gasteiger partial charge in [-0.25, -0.2) is 28.7 Å². The fourth-order valence-corrected chi connectivity index (χ4v) is 9.74. The molecule has 25 heteroatoms. The molecule has 0 saturated carbocycles. The van der Waals surface area contributed by atoms with Crippen molar-refractivity contribution in [2.24, 2.45) is 0 Å². The molecular formula is C20H22F2N10O8P2S3. The lowest BCUT2D eigenvalue weighted by atomic mass is 10.1. The Balaban J connectivity index is 1.21. The quantitative estimate of drug-likeness (QED) is 0.177. The van der Waals surface area contributed by atoms with Gasteiger partial charge in [-0.3, -0.25) is 28.0 Å². The number of halogens is 2. The number of aromatic nitrogens is 8. The van der Waals surface area contributed by atoms with Gasteiger partial charge in [-0.05, 0) is 23.6 Å². The van der Waals surface area contributed by atoms with E-state index < -0.39 is 79.7 Å². The molecule has 7 N–H and O–H groups in total. The highest BCUT2D eigenvalue weighted by atomic mass is 32.5. The third-order valence-corrected chi connectivity index (χ3v) is 11.9. The number of thioether (sulfide) groups is 1. The molecule has 0 radical (unpaired) electrons. The lowest BCUT2D eigenvalue weighted by Gasteiger charge is -2.27. The highest BCUT2D eigenvalue weighted by molar-refractivity contribution is 8.07. The van der Waals surface area contributed by atoms with Crippen LogP contribution in [-0.2, 0) is 46.4 Å². The van der Waals surface area contributed by atoms with E-state index in [4.69, 9.17) is 57.9 Å². The highest BCUT2D eigenvalue weighted by Crippen LogP contribution is 2.57. The first-order valence-corrected chi connectivity index (χ1v) is 19.0. The lowest BCUT2D eigenvalue weighted by Crippen LogP contribution is -2.34. The van der Waals surface area contributed by atoms with Gasteiger partial charge < -0.3 is 35.0 Å². The maximum absolute atomic E-state index is 16.0. The van der Waals surface area contributed by atoms with Gasteiger partial charge in [0.2, 0.25) is 5.95 Å². The standard InChI is InChI=1S/C20H22F2N10O8P2S3/c21-8-7-2-37-42(35,44)39-12-6(38-18(9(12)22)31-4-27-10-14(23)25-3-26-15(10)31)1-36-41(34,43)40-13(8)19(45-7)32-5-28-11-16(32)29-20(24)30-17(11)33/h3-9,12-13,18-19H,1-2H2,(H,34,43)(H,35,44)(H2,23,25,26)(H3,24,29,30,33)/t6-,7-,8-,9+,12-,13-,18-,19-,41?,42?/m1/s1. The van der Waals surface area contributed by atoms with Crippen LogP contribution in [0.5, 0.6) is 0 Å². The molecule has 4 aromatic rings. The Morgan fingerprint density at radius 3 is 2.42 bits per heavy atom. The predicted octanol–water partition coefficient (Wildman–Crippen LogP) is 0.562. The van der Waals surface area contributed by atoms with E-state index in [2.05, 4.69) is 29.9 Å². The molecule has 7 heterocycles. The monoisotopic (exact) mass is 726 g/mol. The zero-order valence-corrected chi connectivity index (χ0v) is 26.5. The van der Waals surface area contributed by atoms with E-state index in [1.165, 1.54) is 28.1 Å². The summed E-state index contributed by atoms with van der Waals surface area (Å²) in [4.78, 5) is 56.9. The fraction of sp³-hybridized carbons (Fsp3) is 0.500. The first-order chi connectivity index (χ1) is 21.3. The third kappa shape index (κ3) is 5.68. The smallest absolute Gasteiger partial charge is 0.325 e. The number of nitrogens with two attached hydrogens (primary N) is 2. The number of alkyl halides is 2. The second kappa shape index (κ2) is 11.5. The van der Waals surface area contributed by atoms with Crippen LogP contribution in [0.15, 0.2) is 23.8 Å². The minimum Gasteiger partial charge on any atom is -0.382 e. The van der Waals surface area contributed by atoms with Crippen molar-refractivity contribution in [2.75, 3.05) is 24.7 Å². The van der Waals surface area contributed by atoms with Crippen LogP contribution in [-0.4, -0.2) is 97.9 Å². The SMILES string of the molecule is Nc1nc2c(ncn2[C@@H]2S[C@@H]3COP(O)(=S)O[C@H]4[C@H](F)[C@H](n5cnc6c(N)ncnc65)O[C@@H]4COP(O)(=S)O[C@@H]2[C@@H]3F)c(=O)[nH]1. The average Bonchev–Trinajstić information content (AvgIpc) is 3.72. The molecule has 2 unspecified atom stereocenters. The largest absolute Gasteiger partial charge is 0.382 e. The van der Waals surface area contributed by atoms with Crippen molar-refractivity contribution < 1.29 is 41.4 Å². The van der Waals surface area contributed by atoms with E-state index in [0.29, 0.717) is 0 Å². The van der Waals surface area contributed by atoms with E-state index in [0.717, 1.165) is 11.8 Å². The molecule has 2 bridgehead atoms. The van der Waals surface area contributed by atoms with Gasteiger partial charge in [0, 0.05) is 0 Å². The van der Waals surface area contributed by atoms with E-state index >= 15 is 8.78 Å². The Labute approximate surface area is 264 Å². The van der Waals surface area contributed by atoms with Crippen LogP contribution in [0.2, 0.25) is 0 Å². The Morgan fingerprint density at radius 1 is 0.956 bits per heavy atom. The number of aromatic amines is 1. The number of rotatable bonds is 2. The molecule has 3 aliphatic rings. The number of ether oxygens (including phenoxy) is 1. The zero-order valence-electron chi connectivity index (χ0n) is 22.3. The van der Waals surface area contributed by atoms with Gasteiger partial charge in [-0.2, -0.15) is 4.98 Å². The Hall–Kier alpha value is -2.27. The Bertz CT molecular complexity index is 1950. The van der Waals surface area contributed by atoms with E-state index in [-0.39, 0.29) is 34.1 Å². The Morgan fingerprint density at radius 2 is 1.64 bits per heavy atom. The first-order valence-electron chi connectivity index (χ1n) is 12.9. The van der Waals surface area contributed by atoms with Gasteiger partial charge in [0.25, 0.3) is 5.56 Å². The molecule has 0 aromatic carbocycles. The molecule has 4 aromatic heterocycles. The molecule has 3 aliphatic heterocycles. The van der Waals surface area contributed by atoms with Gasteiger partial charge in [-0.15, -0.1) is 11.8 Å². The van der Waals surface area contributed by atoms with Crippen molar-refractivity contribution in [3.63, 3.8) is 0 Å². The number of nitrogens with one attached hydrogen (secondary N) is 1. The van der Waals surface area contributed by atoms with Gasteiger partial charge >= 0.3 is 13.4 Å². The summed E-state index contributed by atoms with van der Waals surface area (Å²) in [5.74, 6) is -0.157. The number of hydrogen-bond acceptors (Lipinski definition) is 16. The van der Waals surface area contributed by atoms with Crippen molar-refractivity contribution in [2.45, 2.75) is 47.5 Å². The topological polar surface area (TPSA) is 246 Å². The van der Waals surface area contributed by atoms with Crippen LogP contribution in [0.25, 0.3) is 22.3 Å². The summed E-state index contributed by atoms with van der Waals surface area (Å²) in [5.41, 5.74) is 11.2. The van der Waals surface area contributed by atoms with E-state index in [1.54, 1.807) is 0 Å². The van der Waals surface area contributed by atoms with Crippen molar-refractivity contribution in [3.05, 3.63) is 29.3 Å². The number of nitrogen functional groups attached to an aromatic ring is 2. The lowest BCUT2D eigenvalue weighted by molar-refractivity contribution is -0.0440. The molecule has 0 amide bonds. The summed E-state index contributed by atoms with van der Waals surface area (Å²) in [6.45, 7) is -9.67. The van der Waals surface area contributed by atoms with Gasteiger partial charge in [0.15, 0.2) is 35.0 Å². The van der Waals surface area contributed by atoms with Gasteiger partial charge in [0.1, 0.15) is 41.7 Å². The molecule has 242 valence electrons. The number of H-pyrrole nitrogens is 1. The molecular weight excluding hydrogens is 704 g/mol. The third-order valence-electron chi connectivity index (χ3n) is 7.23. The number of imidazole rings is 2. The summed E-state index contributed by atoms with van der Waals surface area (Å²) in [5, 5.41) is -2.11. The number of anilines is 2. The van der Waals surface area contributed by atoms with Gasteiger partial charge in [0.05, 0.1) is 31.1 Å². The maximum atomic E-state index is 16.0.